The Bertz CT molecular complexity index is 822. The molecule has 1 fully saturated rings. The Hall–Kier alpha value is -2.54. The molecule has 0 spiro atoms. The van der Waals surface area contributed by atoms with Crippen molar-refractivity contribution in [1.29, 1.82) is 0 Å². The average Bonchev–Trinajstić information content (AvgIpc) is 3.36. The van der Waals surface area contributed by atoms with Gasteiger partial charge in [-0.05, 0) is 42.5 Å². The predicted molar refractivity (Wildman–Crippen MR) is 109 cm³/mol. The smallest absolute Gasteiger partial charge is 0.225 e. The number of benzene rings is 1. The average molecular weight is 403 g/mol. The second-order valence-corrected chi connectivity index (χ2v) is 7.91. The van der Waals surface area contributed by atoms with E-state index in [-0.39, 0.29) is 30.2 Å². The van der Waals surface area contributed by atoms with Crippen molar-refractivity contribution in [2.45, 2.75) is 25.8 Å². The number of nitrogens with zero attached hydrogens (tertiary/aromatic N) is 1. The van der Waals surface area contributed by atoms with Gasteiger partial charge in [0.1, 0.15) is 0 Å². The van der Waals surface area contributed by atoms with Crippen molar-refractivity contribution >= 4 is 23.2 Å². The Morgan fingerprint density at radius 1 is 1.29 bits per heavy atom. The maximum Gasteiger partial charge on any atom is 0.225 e. The van der Waals surface area contributed by atoms with Crippen molar-refractivity contribution < 1.29 is 19.1 Å². The molecule has 0 bridgehead atoms. The topological polar surface area (TPSA) is 67.9 Å². The van der Waals surface area contributed by atoms with E-state index in [9.17, 15) is 9.59 Å². The number of likely N-dealkylation sites (tertiary alicyclic amines) is 1. The van der Waals surface area contributed by atoms with Crippen LogP contribution in [0, 0.1) is 5.92 Å². The molecule has 1 aliphatic heterocycles. The lowest BCUT2D eigenvalue weighted by atomic mass is 10.1. The summed E-state index contributed by atoms with van der Waals surface area (Å²) >= 11 is 1.62. The highest BCUT2D eigenvalue weighted by Gasteiger charge is 2.34. The van der Waals surface area contributed by atoms with E-state index in [4.69, 9.17) is 9.47 Å². The molecule has 0 aliphatic carbocycles. The zero-order chi connectivity index (χ0) is 20.1. The first kappa shape index (κ1) is 20.2. The molecule has 1 aromatic heterocycles. The highest BCUT2D eigenvalue weighted by atomic mass is 32.1. The van der Waals surface area contributed by atoms with Gasteiger partial charge in [0.25, 0.3) is 0 Å². The van der Waals surface area contributed by atoms with Gasteiger partial charge in [-0.15, -0.1) is 11.3 Å². The highest BCUT2D eigenvalue weighted by Crippen LogP contribution is 2.28. The van der Waals surface area contributed by atoms with Gasteiger partial charge in [-0.1, -0.05) is 12.1 Å². The molecule has 28 heavy (non-hydrogen) atoms. The summed E-state index contributed by atoms with van der Waals surface area (Å²) in [7, 11) is 3.21. The fourth-order valence-corrected chi connectivity index (χ4v) is 4.14. The molecular weight excluding hydrogens is 376 g/mol. The van der Waals surface area contributed by atoms with E-state index in [2.05, 4.69) is 5.32 Å². The minimum Gasteiger partial charge on any atom is -0.493 e. The molecule has 1 saturated heterocycles. The lowest BCUT2D eigenvalue weighted by Gasteiger charge is -2.18. The summed E-state index contributed by atoms with van der Waals surface area (Å²) in [6.45, 7) is 3.02. The van der Waals surface area contributed by atoms with Crippen LogP contribution in [0.1, 0.15) is 29.8 Å². The second-order valence-electron chi connectivity index (χ2n) is 6.93. The zero-order valence-electron chi connectivity index (χ0n) is 16.4. The normalized spacial score (nSPS) is 17.5. The number of ether oxygens (including phenoxy) is 2. The van der Waals surface area contributed by atoms with Crippen LogP contribution in [0.5, 0.6) is 11.5 Å². The van der Waals surface area contributed by atoms with E-state index in [0.717, 1.165) is 10.4 Å². The van der Waals surface area contributed by atoms with Gasteiger partial charge in [0, 0.05) is 24.4 Å². The molecule has 0 saturated carbocycles. The monoisotopic (exact) mass is 402 g/mol. The Morgan fingerprint density at radius 2 is 2.07 bits per heavy atom. The molecule has 2 unspecified atom stereocenters. The van der Waals surface area contributed by atoms with Crippen LogP contribution in [0.25, 0.3) is 0 Å². The maximum absolute atomic E-state index is 12.6. The third-order valence-corrected chi connectivity index (χ3v) is 6.09. The number of rotatable bonds is 8. The van der Waals surface area contributed by atoms with Crippen molar-refractivity contribution in [1.82, 2.24) is 10.2 Å². The number of carbonyl (C=O) groups excluding carboxylic acids is 2. The van der Waals surface area contributed by atoms with Crippen LogP contribution in [0.2, 0.25) is 0 Å². The standard InChI is InChI=1S/C21H26N2O4S/c1-14(19-5-4-10-28-19)22-21(25)16-12-20(24)23(13-16)9-8-15-6-7-17(26-2)18(11-15)27-3/h4-7,10-11,14,16H,8-9,12-13H2,1-3H3,(H,22,25). The van der Waals surface area contributed by atoms with Crippen molar-refractivity contribution in [2.24, 2.45) is 5.92 Å². The number of carbonyl (C=O) groups is 2. The first-order chi connectivity index (χ1) is 13.5. The molecular formula is C21H26N2O4S. The number of amides is 2. The van der Waals surface area contributed by atoms with Gasteiger partial charge in [-0.3, -0.25) is 9.59 Å². The Labute approximate surface area is 169 Å². The van der Waals surface area contributed by atoms with Crippen LogP contribution in [0.4, 0.5) is 0 Å². The molecule has 7 heteroatoms. The number of nitrogens with one attached hydrogen (secondary N) is 1. The Balaban J connectivity index is 1.54. The van der Waals surface area contributed by atoms with Crippen molar-refractivity contribution in [3.05, 3.63) is 46.2 Å². The third kappa shape index (κ3) is 4.65. The second kappa shape index (κ2) is 9.10. The number of hydrogen-bond donors (Lipinski definition) is 1. The van der Waals surface area contributed by atoms with Gasteiger partial charge in [-0.25, -0.2) is 0 Å². The summed E-state index contributed by atoms with van der Waals surface area (Å²) in [6.07, 6.45) is 0.973. The SMILES string of the molecule is COc1ccc(CCN2CC(C(=O)NC(C)c3cccs3)CC2=O)cc1OC. The largest absolute Gasteiger partial charge is 0.493 e. The summed E-state index contributed by atoms with van der Waals surface area (Å²) < 4.78 is 10.6. The lowest BCUT2D eigenvalue weighted by Crippen LogP contribution is -2.34. The first-order valence-electron chi connectivity index (χ1n) is 9.34. The zero-order valence-corrected chi connectivity index (χ0v) is 17.3. The molecule has 1 aliphatic rings. The minimum atomic E-state index is -0.291. The first-order valence-corrected chi connectivity index (χ1v) is 10.2. The molecule has 2 amide bonds. The predicted octanol–water partition coefficient (Wildman–Crippen LogP) is 3.03. The van der Waals surface area contributed by atoms with Crippen LogP contribution in [-0.4, -0.2) is 44.0 Å². The van der Waals surface area contributed by atoms with Crippen molar-refractivity contribution in [2.75, 3.05) is 27.3 Å². The van der Waals surface area contributed by atoms with E-state index in [1.165, 1.54) is 0 Å². The summed E-state index contributed by atoms with van der Waals surface area (Å²) in [6, 6.07) is 9.69. The van der Waals surface area contributed by atoms with Crippen molar-refractivity contribution in [3.8, 4) is 11.5 Å². The van der Waals surface area contributed by atoms with Gasteiger partial charge >= 0.3 is 0 Å². The number of thiophene rings is 1. The van der Waals surface area contributed by atoms with Crippen LogP contribution >= 0.6 is 11.3 Å². The van der Waals surface area contributed by atoms with Gasteiger partial charge < -0.3 is 19.7 Å². The van der Waals surface area contributed by atoms with Crippen LogP contribution < -0.4 is 14.8 Å². The van der Waals surface area contributed by atoms with Gasteiger partial charge in [-0.2, -0.15) is 0 Å². The fraction of sp³-hybridized carbons (Fsp3) is 0.429. The maximum atomic E-state index is 12.6. The van der Waals surface area contributed by atoms with E-state index in [0.29, 0.717) is 31.0 Å². The molecule has 1 aromatic carbocycles. The van der Waals surface area contributed by atoms with Gasteiger partial charge in [0.2, 0.25) is 11.8 Å². The van der Waals surface area contributed by atoms with Crippen LogP contribution in [0.15, 0.2) is 35.7 Å². The summed E-state index contributed by atoms with van der Waals surface area (Å²) in [5.41, 5.74) is 1.06. The summed E-state index contributed by atoms with van der Waals surface area (Å²) in [4.78, 5) is 27.8. The Morgan fingerprint density at radius 3 is 2.75 bits per heavy atom. The molecule has 2 heterocycles. The van der Waals surface area contributed by atoms with E-state index in [1.54, 1.807) is 30.5 Å². The van der Waals surface area contributed by atoms with Crippen LogP contribution in [0.3, 0.4) is 0 Å². The molecule has 0 radical (unpaired) electrons. The van der Waals surface area contributed by atoms with E-state index < -0.39 is 0 Å². The van der Waals surface area contributed by atoms with E-state index >= 15 is 0 Å². The van der Waals surface area contributed by atoms with Gasteiger partial charge in [0.15, 0.2) is 11.5 Å². The van der Waals surface area contributed by atoms with Crippen LogP contribution in [-0.2, 0) is 16.0 Å². The molecule has 6 nitrogen and oxygen atoms in total. The molecule has 1 N–H and O–H groups in total. The summed E-state index contributed by atoms with van der Waals surface area (Å²) in [5.74, 6) is 1.04. The highest BCUT2D eigenvalue weighted by molar-refractivity contribution is 7.10. The molecule has 150 valence electrons. The number of methoxy groups -OCH3 is 2. The lowest BCUT2D eigenvalue weighted by molar-refractivity contribution is -0.129. The van der Waals surface area contributed by atoms with Crippen molar-refractivity contribution in [3.63, 3.8) is 0 Å². The third-order valence-electron chi connectivity index (χ3n) is 5.03. The van der Waals surface area contributed by atoms with Gasteiger partial charge in [0.05, 0.1) is 26.2 Å². The summed E-state index contributed by atoms with van der Waals surface area (Å²) in [5, 5.41) is 5.02. The number of hydrogen-bond acceptors (Lipinski definition) is 5. The minimum absolute atomic E-state index is 0.0319. The molecule has 3 rings (SSSR count). The van der Waals surface area contributed by atoms with E-state index in [1.807, 2.05) is 42.6 Å². The molecule has 2 aromatic rings. The molecule has 2 atom stereocenters. The Kier molecular flexibility index (Phi) is 6.57. The fourth-order valence-electron chi connectivity index (χ4n) is 3.40. The quantitative estimate of drug-likeness (QED) is 0.737.